The molecule has 3 heteroatoms. The van der Waals surface area contributed by atoms with Crippen LogP contribution in [-0.4, -0.2) is 25.3 Å². The molecule has 106 valence electrons. The minimum absolute atomic E-state index is 0.0407. The first-order chi connectivity index (χ1) is 10.3. The van der Waals surface area contributed by atoms with Crippen molar-refractivity contribution in [2.75, 3.05) is 13.7 Å². The molecule has 3 rings (SSSR count). The van der Waals surface area contributed by atoms with Gasteiger partial charge in [-0.2, -0.15) is 0 Å². The molecule has 0 spiro atoms. The smallest absolute Gasteiger partial charge is 0.311 e. The summed E-state index contributed by atoms with van der Waals surface area (Å²) in [5, 5.41) is 0. The van der Waals surface area contributed by atoms with Gasteiger partial charge in [0.1, 0.15) is 0 Å². The molecule has 1 aliphatic heterocycles. The van der Waals surface area contributed by atoms with Gasteiger partial charge in [0.05, 0.1) is 25.3 Å². The summed E-state index contributed by atoms with van der Waals surface area (Å²) in [6.07, 6.45) is 0. The summed E-state index contributed by atoms with van der Waals surface area (Å²) in [6.45, 7) is 0.483. The predicted molar refractivity (Wildman–Crippen MR) is 82.5 cm³/mol. The van der Waals surface area contributed by atoms with E-state index in [1.54, 1.807) is 0 Å². The van der Waals surface area contributed by atoms with Gasteiger partial charge >= 0.3 is 5.97 Å². The Morgan fingerprint density at radius 1 is 1.05 bits per heavy atom. The molecule has 2 aromatic rings. The molecule has 3 nitrogen and oxygen atoms in total. The van der Waals surface area contributed by atoms with E-state index in [2.05, 4.69) is 4.99 Å². The second kappa shape index (κ2) is 5.92. The van der Waals surface area contributed by atoms with Crippen molar-refractivity contribution in [3.63, 3.8) is 0 Å². The summed E-state index contributed by atoms with van der Waals surface area (Å²) in [6, 6.07) is 20.1. The maximum Gasteiger partial charge on any atom is 0.311 e. The Kier molecular flexibility index (Phi) is 3.82. The Morgan fingerprint density at radius 2 is 1.67 bits per heavy atom. The molecule has 1 aliphatic rings. The van der Waals surface area contributed by atoms with Gasteiger partial charge in [0.15, 0.2) is 0 Å². The third-order valence-corrected chi connectivity index (χ3v) is 3.89. The van der Waals surface area contributed by atoms with Crippen LogP contribution in [0.5, 0.6) is 0 Å². The first-order valence-electron chi connectivity index (χ1n) is 7.04. The Bertz CT molecular complexity index is 649. The SMILES string of the molecule is COC(=O)C1CN=C(c2ccccc2)C1c1ccccc1. The highest BCUT2D eigenvalue weighted by atomic mass is 16.5. The zero-order valence-electron chi connectivity index (χ0n) is 11.9. The van der Waals surface area contributed by atoms with Crippen LogP contribution < -0.4 is 0 Å². The van der Waals surface area contributed by atoms with E-state index < -0.39 is 0 Å². The highest BCUT2D eigenvalue weighted by molar-refractivity contribution is 6.08. The number of ether oxygens (including phenoxy) is 1. The second-order valence-electron chi connectivity index (χ2n) is 5.11. The van der Waals surface area contributed by atoms with Crippen LogP contribution in [-0.2, 0) is 9.53 Å². The fourth-order valence-corrected chi connectivity index (χ4v) is 2.88. The lowest BCUT2D eigenvalue weighted by atomic mass is 9.82. The van der Waals surface area contributed by atoms with Crippen molar-refractivity contribution >= 4 is 11.7 Å². The lowest BCUT2D eigenvalue weighted by Crippen LogP contribution is -2.26. The number of nitrogens with zero attached hydrogens (tertiary/aromatic N) is 1. The van der Waals surface area contributed by atoms with Crippen LogP contribution in [0.15, 0.2) is 65.7 Å². The van der Waals surface area contributed by atoms with Crippen LogP contribution in [0.1, 0.15) is 17.0 Å². The van der Waals surface area contributed by atoms with Crippen LogP contribution in [0.4, 0.5) is 0 Å². The normalized spacial score (nSPS) is 20.9. The first kappa shape index (κ1) is 13.6. The third-order valence-electron chi connectivity index (χ3n) is 3.89. The molecular weight excluding hydrogens is 262 g/mol. The van der Waals surface area contributed by atoms with E-state index in [0.717, 1.165) is 16.8 Å². The second-order valence-corrected chi connectivity index (χ2v) is 5.11. The van der Waals surface area contributed by atoms with Crippen molar-refractivity contribution in [1.29, 1.82) is 0 Å². The van der Waals surface area contributed by atoms with Crippen LogP contribution in [0.25, 0.3) is 0 Å². The minimum Gasteiger partial charge on any atom is -0.469 e. The molecule has 0 bridgehead atoms. The van der Waals surface area contributed by atoms with E-state index in [4.69, 9.17) is 4.74 Å². The van der Waals surface area contributed by atoms with Gasteiger partial charge in [-0.1, -0.05) is 60.7 Å². The van der Waals surface area contributed by atoms with Gasteiger partial charge in [0.25, 0.3) is 0 Å². The Hall–Kier alpha value is -2.42. The number of rotatable bonds is 3. The van der Waals surface area contributed by atoms with Crippen molar-refractivity contribution in [3.05, 3.63) is 71.8 Å². The average Bonchev–Trinajstić information content (AvgIpc) is 3.00. The van der Waals surface area contributed by atoms with Crippen molar-refractivity contribution in [2.24, 2.45) is 10.9 Å². The van der Waals surface area contributed by atoms with E-state index in [0.29, 0.717) is 6.54 Å². The third kappa shape index (κ3) is 2.59. The lowest BCUT2D eigenvalue weighted by molar-refractivity contribution is -0.145. The maximum atomic E-state index is 12.1. The molecule has 0 aromatic heterocycles. The molecule has 2 unspecified atom stereocenters. The number of carbonyl (C=O) groups is 1. The van der Waals surface area contributed by atoms with Crippen molar-refractivity contribution < 1.29 is 9.53 Å². The van der Waals surface area contributed by atoms with Crippen LogP contribution in [0.2, 0.25) is 0 Å². The van der Waals surface area contributed by atoms with Crippen molar-refractivity contribution in [3.8, 4) is 0 Å². The fourth-order valence-electron chi connectivity index (χ4n) is 2.88. The average molecular weight is 279 g/mol. The summed E-state index contributed by atoms with van der Waals surface area (Å²) < 4.78 is 4.96. The molecule has 0 amide bonds. The summed E-state index contributed by atoms with van der Waals surface area (Å²) in [5.41, 5.74) is 3.14. The van der Waals surface area contributed by atoms with Crippen LogP contribution >= 0.6 is 0 Å². The quantitative estimate of drug-likeness (QED) is 0.810. The van der Waals surface area contributed by atoms with Gasteiger partial charge in [-0.25, -0.2) is 0 Å². The van der Waals surface area contributed by atoms with Gasteiger partial charge < -0.3 is 4.74 Å². The summed E-state index contributed by atoms with van der Waals surface area (Å²) in [7, 11) is 1.44. The molecule has 0 radical (unpaired) electrons. The van der Waals surface area contributed by atoms with Gasteiger partial charge in [-0.05, 0) is 11.1 Å². The molecule has 21 heavy (non-hydrogen) atoms. The molecule has 0 fully saturated rings. The van der Waals surface area contributed by atoms with E-state index in [-0.39, 0.29) is 17.8 Å². The van der Waals surface area contributed by atoms with Crippen LogP contribution in [0.3, 0.4) is 0 Å². The largest absolute Gasteiger partial charge is 0.469 e. The van der Waals surface area contributed by atoms with E-state index in [1.807, 2.05) is 60.7 Å². The Morgan fingerprint density at radius 3 is 2.29 bits per heavy atom. The summed E-state index contributed by atoms with van der Waals surface area (Å²) >= 11 is 0. The highest BCUT2D eigenvalue weighted by Crippen LogP contribution is 2.35. The number of hydrogen-bond acceptors (Lipinski definition) is 3. The Labute approximate surface area is 124 Å². The maximum absolute atomic E-state index is 12.1. The lowest BCUT2D eigenvalue weighted by Gasteiger charge is -2.20. The number of carbonyl (C=O) groups excluding carboxylic acids is 1. The molecule has 2 aromatic carbocycles. The zero-order valence-corrected chi connectivity index (χ0v) is 11.9. The van der Waals surface area contributed by atoms with E-state index in [9.17, 15) is 4.79 Å². The van der Waals surface area contributed by atoms with E-state index >= 15 is 0 Å². The molecule has 0 saturated carbocycles. The molecule has 0 N–H and O–H groups in total. The molecule has 0 aliphatic carbocycles. The first-order valence-corrected chi connectivity index (χ1v) is 7.04. The summed E-state index contributed by atoms with van der Waals surface area (Å²) in [4.78, 5) is 16.7. The topological polar surface area (TPSA) is 38.7 Å². The zero-order chi connectivity index (χ0) is 14.7. The fraction of sp³-hybridized carbons (Fsp3) is 0.222. The Balaban J connectivity index is 2.02. The van der Waals surface area contributed by atoms with Crippen molar-refractivity contribution in [2.45, 2.75) is 5.92 Å². The van der Waals surface area contributed by atoms with Gasteiger partial charge in [-0.3, -0.25) is 9.79 Å². The predicted octanol–water partition coefficient (Wildman–Crippen LogP) is 3.06. The summed E-state index contributed by atoms with van der Waals surface area (Å²) in [5.74, 6) is -0.479. The highest BCUT2D eigenvalue weighted by Gasteiger charge is 2.38. The number of methoxy groups -OCH3 is 1. The van der Waals surface area contributed by atoms with Gasteiger partial charge in [-0.15, -0.1) is 0 Å². The van der Waals surface area contributed by atoms with E-state index in [1.165, 1.54) is 7.11 Å². The number of aliphatic imine (C=N–C) groups is 1. The molecule has 1 heterocycles. The molecule has 2 atom stereocenters. The van der Waals surface area contributed by atoms with Gasteiger partial charge in [0, 0.05) is 5.92 Å². The van der Waals surface area contributed by atoms with Gasteiger partial charge in [0.2, 0.25) is 0 Å². The number of benzene rings is 2. The minimum atomic E-state index is -0.243. The number of hydrogen-bond donors (Lipinski definition) is 0. The van der Waals surface area contributed by atoms with Crippen molar-refractivity contribution in [1.82, 2.24) is 0 Å². The standard InChI is InChI=1S/C18H17NO2/c1-21-18(20)15-12-19-17(14-10-6-3-7-11-14)16(15)13-8-4-2-5-9-13/h2-11,15-16H,12H2,1H3. The molecule has 0 saturated heterocycles. The van der Waals surface area contributed by atoms with Crippen LogP contribution in [0, 0.1) is 5.92 Å². The molecular formula is C18H17NO2. The number of esters is 1. The monoisotopic (exact) mass is 279 g/mol.